The van der Waals surface area contributed by atoms with E-state index in [4.69, 9.17) is 0 Å². The third kappa shape index (κ3) is 2.95. The van der Waals surface area contributed by atoms with Crippen molar-refractivity contribution in [3.8, 4) is 0 Å². The highest BCUT2D eigenvalue weighted by Crippen LogP contribution is 2.31. The van der Waals surface area contributed by atoms with E-state index in [0.29, 0.717) is 6.54 Å². The van der Waals surface area contributed by atoms with Crippen molar-refractivity contribution < 1.29 is 4.79 Å². The first-order valence-electron chi connectivity index (χ1n) is 8.12. The van der Waals surface area contributed by atoms with Crippen molar-refractivity contribution in [1.29, 1.82) is 0 Å². The van der Waals surface area contributed by atoms with Crippen molar-refractivity contribution in [2.75, 3.05) is 6.54 Å². The maximum atomic E-state index is 12.9. The van der Waals surface area contributed by atoms with Gasteiger partial charge >= 0.3 is 0 Å². The zero-order valence-corrected chi connectivity index (χ0v) is 14.2. The summed E-state index contributed by atoms with van der Waals surface area (Å²) in [5, 5.41) is 6.48. The number of thiophene rings is 1. The van der Waals surface area contributed by atoms with Gasteiger partial charge in [-0.25, -0.2) is 0 Å². The lowest BCUT2D eigenvalue weighted by Gasteiger charge is -2.21. The van der Waals surface area contributed by atoms with E-state index in [2.05, 4.69) is 17.4 Å². The van der Waals surface area contributed by atoms with Crippen LogP contribution in [0.5, 0.6) is 0 Å². The van der Waals surface area contributed by atoms with Gasteiger partial charge in [-0.3, -0.25) is 9.48 Å². The van der Waals surface area contributed by atoms with Crippen molar-refractivity contribution >= 4 is 17.2 Å². The number of hydrogen-bond donors (Lipinski definition) is 0. The quantitative estimate of drug-likeness (QED) is 0.846. The summed E-state index contributed by atoms with van der Waals surface area (Å²) in [4.78, 5) is 15.8. The third-order valence-electron chi connectivity index (χ3n) is 4.35. The average Bonchev–Trinajstić information content (AvgIpc) is 3.18. The molecule has 2 aromatic heterocycles. The molecule has 0 saturated carbocycles. The zero-order chi connectivity index (χ0) is 15.5. The van der Waals surface area contributed by atoms with Gasteiger partial charge in [-0.1, -0.05) is 0 Å². The maximum absolute atomic E-state index is 12.9. The maximum Gasteiger partial charge on any atom is 0.264 e. The number of rotatable bonds is 5. The van der Waals surface area contributed by atoms with Gasteiger partial charge in [0.05, 0.1) is 11.1 Å². The number of hydrogen-bond acceptors (Lipinski definition) is 3. The summed E-state index contributed by atoms with van der Waals surface area (Å²) in [6, 6.07) is 0. The highest BCUT2D eigenvalue weighted by atomic mass is 32.1. The predicted octanol–water partition coefficient (Wildman–Crippen LogP) is 3.51. The summed E-state index contributed by atoms with van der Waals surface area (Å²) in [6.07, 6.45) is 8.55. The van der Waals surface area contributed by atoms with E-state index < -0.39 is 0 Å². The largest absolute Gasteiger partial charge is 0.334 e. The average molecular weight is 317 g/mol. The van der Waals surface area contributed by atoms with Crippen molar-refractivity contribution in [3.05, 3.63) is 39.3 Å². The molecule has 118 valence electrons. The van der Waals surface area contributed by atoms with E-state index in [1.54, 1.807) is 11.3 Å². The normalized spacial score (nSPS) is 13.9. The Balaban J connectivity index is 1.78. The van der Waals surface area contributed by atoms with E-state index in [1.807, 2.05) is 28.9 Å². The van der Waals surface area contributed by atoms with Crippen molar-refractivity contribution in [2.24, 2.45) is 0 Å². The fourth-order valence-electron chi connectivity index (χ4n) is 3.05. The van der Waals surface area contributed by atoms with Crippen LogP contribution in [0.15, 0.2) is 17.8 Å². The molecule has 0 atom stereocenters. The second-order valence-electron chi connectivity index (χ2n) is 5.80. The first-order valence-corrected chi connectivity index (χ1v) is 9.00. The van der Waals surface area contributed by atoms with Crippen LogP contribution in [-0.2, 0) is 25.9 Å². The first-order chi connectivity index (χ1) is 10.7. The van der Waals surface area contributed by atoms with Gasteiger partial charge in [-0.15, -0.1) is 11.3 Å². The molecule has 0 aromatic carbocycles. The molecule has 0 saturated heterocycles. The molecular weight excluding hydrogens is 294 g/mol. The molecular formula is C17H23N3OS. The lowest BCUT2D eigenvalue weighted by molar-refractivity contribution is 0.0756. The molecule has 1 aliphatic rings. The Morgan fingerprint density at radius 3 is 2.91 bits per heavy atom. The van der Waals surface area contributed by atoms with Gasteiger partial charge in [-0.2, -0.15) is 5.10 Å². The second kappa shape index (κ2) is 6.65. The fourth-order valence-corrected chi connectivity index (χ4v) is 4.18. The summed E-state index contributed by atoms with van der Waals surface area (Å²) in [7, 11) is 0. The molecule has 2 heterocycles. The van der Waals surface area contributed by atoms with Crippen molar-refractivity contribution in [1.82, 2.24) is 14.7 Å². The SMILES string of the molecule is CCN(Cc1cnn(CC)c1)C(=O)c1scc2c1CCCC2. The van der Waals surface area contributed by atoms with Gasteiger partial charge in [0.25, 0.3) is 5.91 Å². The number of aromatic nitrogens is 2. The fraction of sp³-hybridized carbons (Fsp3) is 0.529. The van der Waals surface area contributed by atoms with E-state index in [1.165, 1.54) is 24.0 Å². The minimum Gasteiger partial charge on any atom is -0.334 e. The number of nitrogens with zero attached hydrogens (tertiary/aromatic N) is 3. The monoisotopic (exact) mass is 317 g/mol. The smallest absolute Gasteiger partial charge is 0.264 e. The van der Waals surface area contributed by atoms with Gasteiger partial charge in [0, 0.05) is 31.4 Å². The van der Waals surface area contributed by atoms with Crippen LogP contribution < -0.4 is 0 Å². The lowest BCUT2D eigenvalue weighted by atomic mass is 9.93. The van der Waals surface area contributed by atoms with E-state index >= 15 is 0 Å². The zero-order valence-electron chi connectivity index (χ0n) is 13.3. The summed E-state index contributed by atoms with van der Waals surface area (Å²) in [5.41, 5.74) is 3.81. The van der Waals surface area contributed by atoms with Crippen molar-refractivity contribution in [2.45, 2.75) is 52.6 Å². The Labute approximate surface area is 135 Å². The third-order valence-corrected chi connectivity index (χ3v) is 5.41. The van der Waals surface area contributed by atoms with Gasteiger partial charge in [0.2, 0.25) is 0 Å². The molecule has 1 amide bonds. The molecule has 0 radical (unpaired) electrons. The highest BCUT2D eigenvalue weighted by Gasteiger charge is 2.23. The topological polar surface area (TPSA) is 38.1 Å². The van der Waals surface area contributed by atoms with E-state index in [9.17, 15) is 4.79 Å². The second-order valence-corrected chi connectivity index (χ2v) is 6.68. The summed E-state index contributed by atoms with van der Waals surface area (Å²) in [6.45, 7) is 6.34. The molecule has 3 rings (SSSR count). The van der Waals surface area contributed by atoms with Gasteiger partial charge in [-0.05, 0) is 56.0 Å². The van der Waals surface area contributed by atoms with Crippen LogP contribution in [0.4, 0.5) is 0 Å². The molecule has 0 N–H and O–H groups in total. The summed E-state index contributed by atoms with van der Waals surface area (Å²) >= 11 is 1.63. The number of carbonyl (C=O) groups is 1. The predicted molar refractivity (Wildman–Crippen MR) is 89.3 cm³/mol. The molecule has 0 fully saturated rings. The van der Waals surface area contributed by atoms with Crippen molar-refractivity contribution in [3.63, 3.8) is 0 Å². The van der Waals surface area contributed by atoms with Gasteiger partial charge in [0.15, 0.2) is 0 Å². The molecule has 0 unspecified atom stereocenters. The number of aryl methyl sites for hydroxylation is 2. The minimum atomic E-state index is 0.180. The number of carbonyl (C=O) groups excluding carboxylic acids is 1. The molecule has 0 spiro atoms. The molecule has 0 aliphatic heterocycles. The summed E-state index contributed by atoms with van der Waals surface area (Å²) in [5.74, 6) is 0.180. The highest BCUT2D eigenvalue weighted by molar-refractivity contribution is 7.12. The van der Waals surface area contributed by atoms with Crippen LogP contribution in [0.1, 0.15) is 53.1 Å². The van der Waals surface area contributed by atoms with Crippen LogP contribution in [0, 0.1) is 0 Å². The van der Waals surface area contributed by atoms with Gasteiger partial charge < -0.3 is 4.90 Å². The summed E-state index contributed by atoms with van der Waals surface area (Å²) < 4.78 is 1.90. The minimum absolute atomic E-state index is 0.180. The Hall–Kier alpha value is -1.62. The Morgan fingerprint density at radius 2 is 2.18 bits per heavy atom. The molecule has 0 bridgehead atoms. The van der Waals surface area contributed by atoms with Crippen LogP contribution >= 0.6 is 11.3 Å². The Morgan fingerprint density at radius 1 is 1.36 bits per heavy atom. The van der Waals surface area contributed by atoms with E-state index in [-0.39, 0.29) is 5.91 Å². The lowest BCUT2D eigenvalue weighted by Crippen LogP contribution is -2.30. The van der Waals surface area contributed by atoms with Crippen LogP contribution in [-0.4, -0.2) is 27.1 Å². The molecule has 1 aliphatic carbocycles. The Bertz CT molecular complexity index is 659. The standard InChI is InChI=1S/C17H23N3OS/c1-3-19(10-13-9-18-20(4-2)11-13)17(21)16-15-8-6-5-7-14(15)12-22-16/h9,11-12H,3-8,10H2,1-2H3. The van der Waals surface area contributed by atoms with Crippen LogP contribution in [0.2, 0.25) is 0 Å². The van der Waals surface area contributed by atoms with E-state index in [0.717, 1.165) is 36.4 Å². The molecule has 4 nitrogen and oxygen atoms in total. The van der Waals surface area contributed by atoms with Gasteiger partial charge in [0.1, 0.15) is 0 Å². The van der Waals surface area contributed by atoms with Crippen LogP contribution in [0.3, 0.4) is 0 Å². The number of fused-ring (bicyclic) bond motifs is 1. The van der Waals surface area contributed by atoms with Crippen LogP contribution in [0.25, 0.3) is 0 Å². The Kier molecular flexibility index (Phi) is 4.62. The molecule has 22 heavy (non-hydrogen) atoms. The molecule has 2 aromatic rings. The first kappa shape index (κ1) is 15.3. The molecule has 5 heteroatoms. The number of amides is 1.